The molecular weight excluding hydrogens is 238 g/mol. The predicted molar refractivity (Wildman–Crippen MR) is 54.7 cm³/mol. The van der Waals surface area contributed by atoms with Crippen LogP contribution in [0.25, 0.3) is 0 Å². The molecule has 3 N–H and O–H groups in total. The van der Waals surface area contributed by atoms with Gasteiger partial charge in [-0.2, -0.15) is 13.2 Å². The molecule has 17 heavy (non-hydrogen) atoms. The molecule has 0 saturated carbocycles. The number of alkyl halides is 3. The highest BCUT2D eigenvalue weighted by Crippen LogP contribution is 2.32. The number of aliphatic hydroxyl groups excluding tert-OH is 1. The summed E-state index contributed by atoms with van der Waals surface area (Å²) in [7, 11) is 0. The average Bonchev–Trinajstić information content (AvgIpc) is 2.24. The summed E-state index contributed by atoms with van der Waals surface area (Å²) in [4.78, 5) is 0. The fourth-order valence-electron chi connectivity index (χ4n) is 1.47. The van der Waals surface area contributed by atoms with Gasteiger partial charge in [0.1, 0.15) is 5.82 Å². The summed E-state index contributed by atoms with van der Waals surface area (Å²) < 4.78 is 50.6. The van der Waals surface area contributed by atoms with Crippen molar-refractivity contribution in [1.29, 1.82) is 0 Å². The van der Waals surface area contributed by atoms with Crippen LogP contribution in [0.4, 0.5) is 17.6 Å². The molecule has 96 valence electrons. The second-order valence-corrected chi connectivity index (χ2v) is 3.71. The van der Waals surface area contributed by atoms with E-state index >= 15 is 0 Å². The molecule has 0 amide bonds. The molecule has 0 bridgehead atoms. The van der Waals surface area contributed by atoms with Crippen LogP contribution in [0.3, 0.4) is 0 Å². The highest BCUT2D eigenvalue weighted by Gasteiger charge is 2.31. The zero-order chi connectivity index (χ0) is 13.1. The van der Waals surface area contributed by atoms with E-state index in [4.69, 9.17) is 10.8 Å². The Hall–Kier alpha value is -1.14. The summed E-state index contributed by atoms with van der Waals surface area (Å²) >= 11 is 0. The molecule has 1 aromatic rings. The molecule has 0 aliphatic carbocycles. The SMILES string of the molecule is N[C@H](CCCO)c1cc(C(F)(F)F)ccc1F. The minimum Gasteiger partial charge on any atom is -0.396 e. The molecule has 0 spiro atoms. The van der Waals surface area contributed by atoms with Crippen LogP contribution in [-0.4, -0.2) is 11.7 Å². The van der Waals surface area contributed by atoms with Crippen LogP contribution in [0, 0.1) is 5.82 Å². The van der Waals surface area contributed by atoms with E-state index in [2.05, 4.69) is 0 Å². The average molecular weight is 251 g/mol. The van der Waals surface area contributed by atoms with Gasteiger partial charge < -0.3 is 10.8 Å². The first-order valence-electron chi connectivity index (χ1n) is 5.09. The Kier molecular flexibility index (Phi) is 4.47. The van der Waals surface area contributed by atoms with E-state index in [0.29, 0.717) is 12.5 Å². The number of nitrogens with two attached hydrogens (primary N) is 1. The molecule has 0 unspecified atom stereocenters. The van der Waals surface area contributed by atoms with E-state index in [-0.39, 0.29) is 18.6 Å². The van der Waals surface area contributed by atoms with Crippen LogP contribution in [0.5, 0.6) is 0 Å². The van der Waals surface area contributed by atoms with Crippen molar-refractivity contribution >= 4 is 0 Å². The standard InChI is InChI=1S/C11H13F4NO/c12-9-4-3-7(11(13,14)15)6-8(9)10(16)2-1-5-17/h3-4,6,10,17H,1-2,5,16H2/t10-/m1/s1. The molecule has 0 saturated heterocycles. The first kappa shape index (κ1) is 13.9. The fraction of sp³-hybridized carbons (Fsp3) is 0.455. The normalized spacial score (nSPS) is 13.8. The topological polar surface area (TPSA) is 46.2 Å². The number of rotatable bonds is 4. The molecule has 1 atom stereocenters. The summed E-state index contributed by atoms with van der Waals surface area (Å²) in [6, 6.07) is 1.32. The second kappa shape index (κ2) is 5.46. The molecule has 0 fully saturated rings. The van der Waals surface area contributed by atoms with Crippen LogP contribution in [0.15, 0.2) is 18.2 Å². The maximum absolute atomic E-state index is 13.3. The highest BCUT2D eigenvalue weighted by molar-refractivity contribution is 5.29. The molecular formula is C11H13F4NO. The number of hydrogen-bond donors (Lipinski definition) is 2. The van der Waals surface area contributed by atoms with Crippen LogP contribution in [0.1, 0.15) is 30.0 Å². The van der Waals surface area contributed by atoms with Gasteiger partial charge in [-0.1, -0.05) is 0 Å². The first-order valence-corrected chi connectivity index (χ1v) is 5.09. The van der Waals surface area contributed by atoms with E-state index in [1.165, 1.54) is 0 Å². The van der Waals surface area contributed by atoms with Gasteiger partial charge in [0.05, 0.1) is 5.56 Å². The minimum absolute atomic E-state index is 0.131. The van der Waals surface area contributed by atoms with E-state index < -0.39 is 23.6 Å². The maximum Gasteiger partial charge on any atom is 0.416 e. The smallest absolute Gasteiger partial charge is 0.396 e. The lowest BCUT2D eigenvalue weighted by atomic mass is 10.00. The van der Waals surface area contributed by atoms with Crippen molar-refractivity contribution in [1.82, 2.24) is 0 Å². The molecule has 1 rings (SSSR count). The van der Waals surface area contributed by atoms with Gasteiger partial charge in [-0.15, -0.1) is 0 Å². The molecule has 0 aliphatic rings. The largest absolute Gasteiger partial charge is 0.416 e. The lowest BCUT2D eigenvalue weighted by Crippen LogP contribution is -2.15. The van der Waals surface area contributed by atoms with E-state index in [1.54, 1.807) is 0 Å². The summed E-state index contributed by atoms with van der Waals surface area (Å²) in [5.74, 6) is -0.761. The highest BCUT2D eigenvalue weighted by atomic mass is 19.4. The summed E-state index contributed by atoms with van der Waals surface area (Å²) in [6.07, 6.45) is -3.97. The van der Waals surface area contributed by atoms with Crippen LogP contribution >= 0.6 is 0 Å². The van der Waals surface area contributed by atoms with Crippen molar-refractivity contribution in [2.75, 3.05) is 6.61 Å². The number of halogens is 4. The van der Waals surface area contributed by atoms with Gasteiger partial charge in [0.15, 0.2) is 0 Å². The van der Waals surface area contributed by atoms with Crippen molar-refractivity contribution in [3.63, 3.8) is 0 Å². The third kappa shape index (κ3) is 3.67. The number of benzene rings is 1. The molecule has 0 aliphatic heterocycles. The summed E-state index contributed by atoms with van der Waals surface area (Å²) in [5.41, 5.74) is 4.48. The zero-order valence-electron chi connectivity index (χ0n) is 8.97. The maximum atomic E-state index is 13.3. The quantitative estimate of drug-likeness (QED) is 0.808. The van der Waals surface area contributed by atoms with E-state index in [0.717, 1.165) is 12.1 Å². The first-order chi connectivity index (χ1) is 7.86. The Morgan fingerprint density at radius 3 is 2.47 bits per heavy atom. The van der Waals surface area contributed by atoms with Crippen molar-refractivity contribution in [2.24, 2.45) is 5.73 Å². The van der Waals surface area contributed by atoms with Gasteiger partial charge in [-0.05, 0) is 31.0 Å². The molecule has 0 radical (unpaired) electrons. The monoisotopic (exact) mass is 251 g/mol. The van der Waals surface area contributed by atoms with Crippen molar-refractivity contribution in [3.05, 3.63) is 35.1 Å². The Bertz CT molecular complexity index is 378. The van der Waals surface area contributed by atoms with Gasteiger partial charge in [-0.25, -0.2) is 4.39 Å². The zero-order valence-corrected chi connectivity index (χ0v) is 8.97. The molecule has 6 heteroatoms. The summed E-state index contributed by atoms with van der Waals surface area (Å²) in [6.45, 7) is -0.131. The van der Waals surface area contributed by atoms with Crippen molar-refractivity contribution in [3.8, 4) is 0 Å². The molecule has 0 heterocycles. The van der Waals surface area contributed by atoms with Crippen LogP contribution in [-0.2, 0) is 6.18 Å². The van der Waals surface area contributed by atoms with Gasteiger partial charge in [0.25, 0.3) is 0 Å². The lowest BCUT2D eigenvalue weighted by molar-refractivity contribution is -0.137. The van der Waals surface area contributed by atoms with Gasteiger partial charge in [-0.3, -0.25) is 0 Å². The predicted octanol–water partition coefficient (Wildman–Crippen LogP) is 2.62. The second-order valence-electron chi connectivity index (χ2n) is 3.71. The third-order valence-electron chi connectivity index (χ3n) is 2.40. The molecule has 1 aromatic carbocycles. The van der Waals surface area contributed by atoms with E-state index in [9.17, 15) is 17.6 Å². The van der Waals surface area contributed by atoms with Crippen molar-refractivity contribution in [2.45, 2.75) is 25.1 Å². The van der Waals surface area contributed by atoms with Gasteiger partial charge in [0, 0.05) is 18.2 Å². The van der Waals surface area contributed by atoms with Crippen molar-refractivity contribution < 1.29 is 22.7 Å². The Balaban J connectivity index is 2.98. The Labute approximate surface area is 96.1 Å². The van der Waals surface area contributed by atoms with Crippen LogP contribution < -0.4 is 5.73 Å². The Morgan fingerprint density at radius 1 is 1.29 bits per heavy atom. The van der Waals surface area contributed by atoms with Gasteiger partial charge >= 0.3 is 6.18 Å². The van der Waals surface area contributed by atoms with Gasteiger partial charge in [0.2, 0.25) is 0 Å². The minimum atomic E-state index is -4.51. The van der Waals surface area contributed by atoms with E-state index in [1.807, 2.05) is 0 Å². The Morgan fingerprint density at radius 2 is 1.94 bits per heavy atom. The number of aliphatic hydroxyl groups is 1. The third-order valence-corrected chi connectivity index (χ3v) is 2.40. The lowest BCUT2D eigenvalue weighted by Gasteiger charge is -2.15. The molecule has 0 aromatic heterocycles. The molecule has 2 nitrogen and oxygen atoms in total. The number of hydrogen-bond acceptors (Lipinski definition) is 2. The van der Waals surface area contributed by atoms with Crippen LogP contribution in [0.2, 0.25) is 0 Å². The fourth-order valence-corrected chi connectivity index (χ4v) is 1.47. The summed E-state index contributed by atoms with van der Waals surface area (Å²) in [5, 5.41) is 8.59.